The highest BCUT2D eigenvalue weighted by Crippen LogP contribution is 2.33. The summed E-state index contributed by atoms with van der Waals surface area (Å²) in [5, 5.41) is 0.735. The predicted octanol–water partition coefficient (Wildman–Crippen LogP) is 4.84. The van der Waals surface area contributed by atoms with Gasteiger partial charge in [0.1, 0.15) is 0 Å². The van der Waals surface area contributed by atoms with Gasteiger partial charge in [-0.3, -0.25) is 4.79 Å². The molecule has 2 fully saturated rings. The summed E-state index contributed by atoms with van der Waals surface area (Å²) in [7, 11) is 0. The summed E-state index contributed by atoms with van der Waals surface area (Å²) in [4.78, 5) is 16.8. The number of nitrogens with zero attached hydrogens (tertiary/aromatic N) is 1. The summed E-state index contributed by atoms with van der Waals surface area (Å²) >= 11 is 7.90. The molecule has 2 aromatic rings. The van der Waals surface area contributed by atoms with Gasteiger partial charge in [-0.15, -0.1) is 11.3 Å². The van der Waals surface area contributed by atoms with Gasteiger partial charge in [-0.05, 0) is 43.5 Å². The number of carbonyl (C=O) groups excluding carboxylic acids is 1. The van der Waals surface area contributed by atoms with E-state index in [2.05, 4.69) is 0 Å². The molecule has 3 heterocycles. The van der Waals surface area contributed by atoms with Gasteiger partial charge >= 0.3 is 0 Å². The van der Waals surface area contributed by atoms with E-state index >= 15 is 0 Å². The third kappa shape index (κ3) is 4.27. The van der Waals surface area contributed by atoms with E-state index in [0.717, 1.165) is 46.1 Å². The molecule has 1 aromatic carbocycles. The fourth-order valence-electron chi connectivity index (χ4n) is 3.61. The Balaban J connectivity index is 1.46. The van der Waals surface area contributed by atoms with Crippen LogP contribution in [0.25, 0.3) is 16.5 Å². The van der Waals surface area contributed by atoms with E-state index in [1.807, 2.05) is 47.4 Å². The number of carbonyl (C=O) groups is 1. The number of thiophene rings is 1. The van der Waals surface area contributed by atoms with Crippen LogP contribution in [-0.2, 0) is 14.3 Å². The Morgan fingerprint density at radius 3 is 2.78 bits per heavy atom. The third-order valence-electron chi connectivity index (χ3n) is 4.95. The van der Waals surface area contributed by atoms with Gasteiger partial charge in [0.15, 0.2) is 6.29 Å². The number of amides is 1. The third-order valence-corrected chi connectivity index (χ3v) is 6.36. The first-order chi connectivity index (χ1) is 13.2. The van der Waals surface area contributed by atoms with E-state index in [1.54, 1.807) is 17.4 Å². The maximum absolute atomic E-state index is 12.8. The lowest BCUT2D eigenvalue weighted by molar-refractivity contribution is -0.145. The second-order valence-corrected chi connectivity index (χ2v) is 8.24. The van der Waals surface area contributed by atoms with Gasteiger partial charge in [-0.2, -0.15) is 0 Å². The molecule has 1 amide bonds. The number of hydrogen-bond donors (Lipinski definition) is 0. The Morgan fingerprint density at radius 2 is 1.96 bits per heavy atom. The SMILES string of the molecule is O=C(/C=C/c1ccc(-c2ccccc2Cl)s1)N1CCCCC1C1OCCO1. The molecule has 2 aliphatic rings. The summed E-state index contributed by atoms with van der Waals surface area (Å²) in [6, 6.07) is 11.9. The molecule has 4 rings (SSSR count). The number of benzene rings is 1. The number of halogens is 1. The van der Waals surface area contributed by atoms with Crippen molar-refractivity contribution in [2.45, 2.75) is 31.6 Å². The Morgan fingerprint density at radius 1 is 1.15 bits per heavy atom. The Labute approximate surface area is 168 Å². The van der Waals surface area contributed by atoms with Crippen LogP contribution in [0.4, 0.5) is 0 Å². The Bertz CT molecular complexity index is 828. The lowest BCUT2D eigenvalue weighted by Crippen LogP contribution is -2.49. The van der Waals surface area contributed by atoms with Gasteiger partial charge in [-0.1, -0.05) is 29.8 Å². The van der Waals surface area contributed by atoms with Crippen molar-refractivity contribution in [3.8, 4) is 10.4 Å². The zero-order valence-corrected chi connectivity index (χ0v) is 16.5. The number of likely N-dealkylation sites (tertiary alicyclic amines) is 1. The summed E-state index contributed by atoms with van der Waals surface area (Å²) in [6.45, 7) is 1.98. The van der Waals surface area contributed by atoms with E-state index in [9.17, 15) is 4.79 Å². The molecule has 1 unspecified atom stereocenters. The smallest absolute Gasteiger partial charge is 0.247 e. The molecular formula is C21H22ClNO3S. The summed E-state index contributed by atoms with van der Waals surface area (Å²) in [5.74, 6) is 0.0199. The quantitative estimate of drug-likeness (QED) is 0.686. The minimum absolute atomic E-state index is 0.0143. The number of ether oxygens (including phenoxy) is 2. The second-order valence-electron chi connectivity index (χ2n) is 6.72. The van der Waals surface area contributed by atoms with Crippen LogP contribution in [0.1, 0.15) is 24.1 Å². The second kappa shape index (κ2) is 8.57. The molecular weight excluding hydrogens is 382 g/mol. The molecule has 0 N–H and O–H groups in total. The van der Waals surface area contributed by atoms with Gasteiger partial charge < -0.3 is 14.4 Å². The molecule has 0 radical (unpaired) electrons. The van der Waals surface area contributed by atoms with Crippen LogP contribution in [0.3, 0.4) is 0 Å². The normalized spacial score (nSPS) is 21.2. The van der Waals surface area contributed by atoms with Crippen molar-refractivity contribution >= 4 is 34.9 Å². The van der Waals surface area contributed by atoms with Crippen molar-refractivity contribution in [2.75, 3.05) is 19.8 Å². The standard InChI is InChI=1S/C21H22ClNO3S/c22-17-6-2-1-5-16(17)19-10-8-15(27-19)9-11-20(24)23-12-4-3-7-18(23)21-25-13-14-26-21/h1-2,5-6,8-11,18,21H,3-4,7,12-14H2/b11-9+. The predicted molar refractivity (Wildman–Crippen MR) is 109 cm³/mol. The van der Waals surface area contributed by atoms with Crippen LogP contribution in [-0.4, -0.2) is 42.9 Å². The fourth-order valence-corrected chi connectivity index (χ4v) is 4.85. The molecule has 0 bridgehead atoms. The zero-order chi connectivity index (χ0) is 18.6. The van der Waals surface area contributed by atoms with Gasteiger partial charge in [0, 0.05) is 33.0 Å². The van der Waals surface area contributed by atoms with Crippen LogP contribution >= 0.6 is 22.9 Å². The highest BCUT2D eigenvalue weighted by atomic mass is 35.5. The largest absolute Gasteiger partial charge is 0.348 e. The van der Waals surface area contributed by atoms with Crippen molar-refractivity contribution in [3.63, 3.8) is 0 Å². The molecule has 2 saturated heterocycles. The van der Waals surface area contributed by atoms with Crippen LogP contribution in [0.5, 0.6) is 0 Å². The summed E-state index contributed by atoms with van der Waals surface area (Å²) < 4.78 is 11.3. The maximum Gasteiger partial charge on any atom is 0.247 e. The molecule has 0 aliphatic carbocycles. The summed E-state index contributed by atoms with van der Waals surface area (Å²) in [6.07, 6.45) is 6.33. The average molecular weight is 404 g/mol. The number of piperidine rings is 1. The van der Waals surface area contributed by atoms with Crippen molar-refractivity contribution in [1.29, 1.82) is 0 Å². The first-order valence-electron chi connectivity index (χ1n) is 9.29. The van der Waals surface area contributed by atoms with E-state index < -0.39 is 0 Å². The topological polar surface area (TPSA) is 38.8 Å². The highest BCUT2D eigenvalue weighted by molar-refractivity contribution is 7.16. The molecule has 142 valence electrons. The molecule has 6 heteroatoms. The van der Waals surface area contributed by atoms with Crippen LogP contribution < -0.4 is 0 Å². The van der Waals surface area contributed by atoms with Crippen LogP contribution in [0, 0.1) is 0 Å². The fraction of sp³-hybridized carbons (Fsp3) is 0.381. The molecule has 27 heavy (non-hydrogen) atoms. The minimum atomic E-state index is -0.281. The Kier molecular flexibility index (Phi) is 5.93. The van der Waals surface area contributed by atoms with Crippen molar-refractivity contribution in [2.24, 2.45) is 0 Å². The number of hydrogen-bond acceptors (Lipinski definition) is 4. The van der Waals surface area contributed by atoms with E-state index in [4.69, 9.17) is 21.1 Å². The van der Waals surface area contributed by atoms with Crippen LogP contribution in [0.15, 0.2) is 42.5 Å². The van der Waals surface area contributed by atoms with Gasteiger partial charge in [0.25, 0.3) is 0 Å². The lowest BCUT2D eigenvalue weighted by Gasteiger charge is -2.37. The summed E-state index contributed by atoms with van der Waals surface area (Å²) in [5.41, 5.74) is 1.02. The monoisotopic (exact) mass is 403 g/mol. The lowest BCUT2D eigenvalue weighted by atomic mass is 10.0. The minimum Gasteiger partial charge on any atom is -0.348 e. The average Bonchev–Trinajstić information content (AvgIpc) is 3.39. The zero-order valence-electron chi connectivity index (χ0n) is 15.0. The van der Waals surface area contributed by atoms with Gasteiger partial charge in [0.05, 0.1) is 19.3 Å². The Hall–Kier alpha value is -1.66. The molecule has 1 aromatic heterocycles. The van der Waals surface area contributed by atoms with E-state index in [-0.39, 0.29) is 18.2 Å². The van der Waals surface area contributed by atoms with Crippen molar-refractivity contribution < 1.29 is 14.3 Å². The van der Waals surface area contributed by atoms with Gasteiger partial charge in [-0.25, -0.2) is 0 Å². The molecule has 1 atom stereocenters. The van der Waals surface area contributed by atoms with Crippen molar-refractivity contribution in [1.82, 2.24) is 4.90 Å². The highest BCUT2D eigenvalue weighted by Gasteiger charge is 2.35. The molecule has 0 spiro atoms. The molecule has 4 nitrogen and oxygen atoms in total. The molecule has 2 aliphatic heterocycles. The first kappa shape index (κ1) is 18.7. The maximum atomic E-state index is 12.8. The molecule has 0 saturated carbocycles. The van der Waals surface area contributed by atoms with Crippen LogP contribution in [0.2, 0.25) is 5.02 Å². The van der Waals surface area contributed by atoms with E-state index in [1.165, 1.54) is 0 Å². The number of rotatable bonds is 4. The van der Waals surface area contributed by atoms with Crippen molar-refractivity contribution in [3.05, 3.63) is 52.4 Å². The van der Waals surface area contributed by atoms with E-state index in [0.29, 0.717) is 13.2 Å². The first-order valence-corrected chi connectivity index (χ1v) is 10.5. The van der Waals surface area contributed by atoms with Gasteiger partial charge in [0.2, 0.25) is 5.91 Å².